The SMILES string of the molecule is CCNC(=NCC(C)N1CCN(CC)CC1)NC1CCN(C(=O)C(C)C)C1. The highest BCUT2D eigenvalue weighted by atomic mass is 16.2. The molecular weight excluding hydrogens is 340 g/mol. The molecule has 7 nitrogen and oxygen atoms in total. The molecule has 0 aromatic carbocycles. The van der Waals surface area contributed by atoms with Crippen molar-refractivity contribution in [3.05, 3.63) is 0 Å². The molecule has 2 heterocycles. The van der Waals surface area contributed by atoms with E-state index in [4.69, 9.17) is 4.99 Å². The van der Waals surface area contributed by atoms with Crippen molar-refractivity contribution in [2.24, 2.45) is 10.9 Å². The van der Waals surface area contributed by atoms with Crippen LogP contribution < -0.4 is 10.6 Å². The molecule has 2 aliphatic rings. The zero-order valence-corrected chi connectivity index (χ0v) is 18.0. The standard InChI is InChI=1S/C20H40N6O/c1-6-21-20(23-18-8-9-26(15-18)19(27)16(3)4)22-14-17(5)25-12-10-24(7-2)11-13-25/h16-18H,6-15H2,1-5H3,(H2,21,22,23). The summed E-state index contributed by atoms with van der Waals surface area (Å²) in [7, 11) is 0. The molecule has 1 amide bonds. The van der Waals surface area contributed by atoms with Crippen molar-refractivity contribution < 1.29 is 4.79 Å². The van der Waals surface area contributed by atoms with E-state index in [2.05, 4.69) is 41.2 Å². The summed E-state index contributed by atoms with van der Waals surface area (Å²) in [6, 6.07) is 0.732. The number of nitrogens with one attached hydrogen (secondary N) is 2. The van der Waals surface area contributed by atoms with Gasteiger partial charge in [-0.1, -0.05) is 20.8 Å². The van der Waals surface area contributed by atoms with Crippen molar-refractivity contribution in [3.8, 4) is 0 Å². The van der Waals surface area contributed by atoms with Crippen LogP contribution in [0.1, 0.15) is 41.0 Å². The second kappa shape index (κ2) is 10.9. The van der Waals surface area contributed by atoms with Crippen molar-refractivity contribution in [2.45, 2.75) is 53.1 Å². The molecule has 156 valence electrons. The number of guanidine groups is 1. The molecule has 2 N–H and O–H groups in total. The van der Waals surface area contributed by atoms with Crippen LogP contribution in [-0.4, -0.2) is 97.6 Å². The Kier molecular flexibility index (Phi) is 8.83. The van der Waals surface area contributed by atoms with Gasteiger partial charge in [0, 0.05) is 63.8 Å². The van der Waals surface area contributed by atoms with Crippen LogP contribution in [0, 0.1) is 5.92 Å². The lowest BCUT2D eigenvalue weighted by molar-refractivity contribution is -0.133. The lowest BCUT2D eigenvalue weighted by atomic mass is 10.2. The Morgan fingerprint density at radius 3 is 2.41 bits per heavy atom. The Bertz CT molecular complexity index is 487. The average molecular weight is 381 g/mol. The van der Waals surface area contributed by atoms with E-state index in [0.29, 0.717) is 6.04 Å². The summed E-state index contributed by atoms with van der Waals surface area (Å²) in [4.78, 5) is 24.0. The van der Waals surface area contributed by atoms with Crippen molar-refractivity contribution in [1.82, 2.24) is 25.3 Å². The van der Waals surface area contributed by atoms with E-state index in [1.807, 2.05) is 18.7 Å². The fourth-order valence-electron chi connectivity index (χ4n) is 3.82. The van der Waals surface area contributed by atoms with Crippen molar-refractivity contribution in [3.63, 3.8) is 0 Å². The van der Waals surface area contributed by atoms with E-state index >= 15 is 0 Å². The highest BCUT2D eigenvalue weighted by molar-refractivity contribution is 5.81. The Labute approximate surface area is 165 Å². The number of amides is 1. The summed E-state index contributed by atoms with van der Waals surface area (Å²) in [6.45, 7) is 19.5. The lowest BCUT2D eigenvalue weighted by Gasteiger charge is -2.37. The van der Waals surface area contributed by atoms with Crippen LogP contribution >= 0.6 is 0 Å². The van der Waals surface area contributed by atoms with Gasteiger partial charge in [-0.2, -0.15) is 0 Å². The van der Waals surface area contributed by atoms with E-state index in [1.54, 1.807) is 0 Å². The average Bonchev–Trinajstić information content (AvgIpc) is 3.13. The minimum atomic E-state index is 0.0691. The molecule has 0 aromatic heterocycles. The topological polar surface area (TPSA) is 63.2 Å². The molecule has 2 saturated heterocycles. The van der Waals surface area contributed by atoms with Crippen molar-refractivity contribution in [1.29, 1.82) is 0 Å². The number of carbonyl (C=O) groups is 1. The number of hydrogen-bond acceptors (Lipinski definition) is 4. The Balaban J connectivity index is 1.83. The quantitative estimate of drug-likeness (QED) is 0.506. The molecule has 2 aliphatic heterocycles. The molecule has 2 atom stereocenters. The van der Waals surface area contributed by atoms with Crippen LogP contribution in [0.25, 0.3) is 0 Å². The second-order valence-corrected chi connectivity index (χ2v) is 8.11. The molecular formula is C20H40N6O. The third kappa shape index (κ3) is 6.64. The molecule has 0 aromatic rings. The number of likely N-dealkylation sites (tertiary alicyclic amines) is 1. The predicted molar refractivity (Wildman–Crippen MR) is 112 cm³/mol. The van der Waals surface area contributed by atoms with E-state index < -0.39 is 0 Å². The first kappa shape index (κ1) is 22.0. The van der Waals surface area contributed by atoms with Crippen molar-refractivity contribution >= 4 is 11.9 Å². The van der Waals surface area contributed by atoms with Gasteiger partial charge < -0.3 is 20.4 Å². The number of nitrogens with zero attached hydrogens (tertiary/aromatic N) is 4. The second-order valence-electron chi connectivity index (χ2n) is 8.11. The van der Waals surface area contributed by atoms with Gasteiger partial charge in [-0.25, -0.2) is 0 Å². The van der Waals surface area contributed by atoms with Crippen LogP contribution in [0.15, 0.2) is 4.99 Å². The number of hydrogen-bond donors (Lipinski definition) is 2. The number of rotatable bonds is 7. The Morgan fingerprint density at radius 2 is 1.81 bits per heavy atom. The summed E-state index contributed by atoms with van der Waals surface area (Å²) in [5.74, 6) is 1.20. The lowest BCUT2D eigenvalue weighted by Crippen LogP contribution is -2.50. The van der Waals surface area contributed by atoms with Gasteiger partial charge in [0.2, 0.25) is 5.91 Å². The first-order valence-electron chi connectivity index (χ1n) is 10.7. The maximum Gasteiger partial charge on any atom is 0.225 e. The molecule has 27 heavy (non-hydrogen) atoms. The third-order valence-corrected chi connectivity index (χ3v) is 5.67. The summed E-state index contributed by atoms with van der Waals surface area (Å²) < 4.78 is 0. The summed E-state index contributed by atoms with van der Waals surface area (Å²) in [5, 5.41) is 6.89. The maximum absolute atomic E-state index is 12.2. The first-order chi connectivity index (χ1) is 12.9. The monoisotopic (exact) mass is 380 g/mol. The molecule has 2 fully saturated rings. The molecule has 2 unspecified atom stereocenters. The molecule has 7 heteroatoms. The van der Waals surface area contributed by atoms with Gasteiger partial charge in [0.25, 0.3) is 0 Å². The van der Waals surface area contributed by atoms with E-state index in [-0.39, 0.29) is 17.9 Å². The highest BCUT2D eigenvalue weighted by Gasteiger charge is 2.28. The molecule has 0 bridgehead atoms. The number of carbonyl (C=O) groups excluding carboxylic acids is 1. The Morgan fingerprint density at radius 1 is 1.11 bits per heavy atom. The Hall–Kier alpha value is -1.34. The van der Waals surface area contributed by atoms with E-state index in [9.17, 15) is 4.79 Å². The van der Waals surface area contributed by atoms with Crippen LogP contribution in [0.4, 0.5) is 0 Å². The smallest absolute Gasteiger partial charge is 0.225 e. The van der Waals surface area contributed by atoms with Gasteiger partial charge in [0.05, 0.1) is 6.54 Å². The van der Waals surface area contributed by atoms with Gasteiger partial charge in [-0.05, 0) is 26.8 Å². The molecule has 0 aliphatic carbocycles. The zero-order chi connectivity index (χ0) is 19.8. The minimum absolute atomic E-state index is 0.0691. The van der Waals surface area contributed by atoms with Crippen LogP contribution in [-0.2, 0) is 4.79 Å². The highest BCUT2D eigenvalue weighted by Crippen LogP contribution is 2.13. The van der Waals surface area contributed by atoms with Crippen molar-refractivity contribution in [2.75, 3.05) is 58.9 Å². The van der Waals surface area contributed by atoms with Gasteiger partial charge in [-0.3, -0.25) is 14.7 Å². The number of likely N-dealkylation sites (N-methyl/N-ethyl adjacent to an activating group) is 1. The number of aliphatic imine (C=N–C) groups is 1. The fourth-order valence-corrected chi connectivity index (χ4v) is 3.82. The number of piperazine rings is 1. The molecule has 2 rings (SSSR count). The summed E-state index contributed by atoms with van der Waals surface area (Å²) in [5.41, 5.74) is 0. The van der Waals surface area contributed by atoms with Crippen LogP contribution in [0.5, 0.6) is 0 Å². The van der Waals surface area contributed by atoms with Gasteiger partial charge in [0.1, 0.15) is 0 Å². The molecule has 0 radical (unpaired) electrons. The largest absolute Gasteiger partial charge is 0.357 e. The maximum atomic E-state index is 12.2. The molecule has 0 saturated carbocycles. The van der Waals surface area contributed by atoms with E-state index in [0.717, 1.165) is 71.3 Å². The van der Waals surface area contributed by atoms with Gasteiger partial charge >= 0.3 is 0 Å². The summed E-state index contributed by atoms with van der Waals surface area (Å²) in [6.07, 6.45) is 0.984. The fraction of sp³-hybridized carbons (Fsp3) is 0.900. The molecule has 0 spiro atoms. The first-order valence-corrected chi connectivity index (χ1v) is 10.7. The van der Waals surface area contributed by atoms with Gasteiger partial charge in [0.15, 0.2) is 5.96 Å². The normalized spacial score (nSPS) is 23.7. The summed E-state index contributed by atoms with van der Waals surface area (Å²) >= 11 is 0. The predicted octanol–water partition coefficient (Wildman–Crippen LogP) is 0.824. The van der Waals surface area contributed by atoms with E-state index in [1.165, 1.54) is 0 Å². The van der Waals surface area contributed by atoms with Crippen LogP contribution in [0.3, 0.4) is 0 Å². The third-order valence-electron chi connectivity index (χ3n) is 5.67. The minimum Gasteiger partial charge on any atom is -0.357 e. The zero-order valence-electron chi connectivity index (χ0n) is 18.0. The van der Waals surface area contributed by atoms with Crippen LogP contribution in [0.2, 0.25) is 0 Å². The van der Waals surface area contributed by atoms with Gasteiger partial charge in [-0.15, -0.1) is 0 Å².